The lowest BCUT2D eigenvalue weighted by molar-refractivity contribution is 0.644. The second-order valence-corrected chi connectivity index (χ2v) is 4.28. The Morgan fingerprint density at radius 1 is 1.06 bits per heavy atom. The van der Waals surface area contributed by atoms with Crippen molar-refractivity contribution in [3.63, 3.8) is 0 Å². The van der Waals surface area contributed by atoms with E-state index < -0.39 is 0 Å². The molecule has 0 atom stereocenters. The first-order valence-electron chi connectivity index (χ1n) is 6.53. The van der Waals surface area contributed by atoms with E-state index >= 15 is 0 Å². The van der Waals surface area contributed by atoms with Crippen LogP contribution in [0, 0.1) is 6.92 Å². The van der Waals surface area contributed by atoms with Crippen molar-refractivity contribution in [3.8, 4) is 0 Å². The molecule has 1 aromatic rings. The largest absolute Gasteiger partial charge is 0.373 e. The molecule has 0 spiro atoms. The SMILES string of the molecule is CCCCCCCNc1cc(NC)nc(C)n1. The maximum absolute atomic E-state index is 4.35. The Labute approximate surface area is 104 Å². The van der Waals surface area contributed by atoms with Gasteiger partial charge >= 0.3 is 0 Å². The predicted molar refractivity (Wildman–Crippen MR) is 73.6 cm³/mol. The van der Waals surface area contributed by atoms with Crippen LogP contribution >= 0.6 is 0 Å². The van der Waals surface area contributed by atoms with E-state index in [2.05, 4.69) is 27.5 Å². The Balaban J connectivity index is 2.28. The van der Waals surface area contributed by atoms with Gasteiger partial charge in [0, 0.05) is 19.7 Å². The van der Waals surface area contributed by atoms with Crippen LogP contribution in [0.25, 0.3) is 0 Å². The summed E-state index contributed by atoms with van der Waals surface area (Å²) in [5, 5.41) is 6.38. The van der Waals surface area contributed by atoms with Gasteiger partial charge in [0.15, 0.2) is 0 Å². The molecule has 96 valence electrons. The van der Waals surface area contributed by atoms with Gasteiger partial charge in [-0.25, -0.2) is 9.97 Å². The van der Waals surface area contributed by atoms with Crippen LogP contribution in [0.4, 0.5) is 11.6 Å². The molecule has 4 nitrogen and oxygen atoms in total. The summed E-state index contributed by atoms with van der Waals surface area (Å²) in [5.74, 6) is 2.58. The number of hydrogen-bond donors (Lipinski definition) is 2. The molecular formula is C13H24N4. The third kappa shape index (κ3) is 5.52. The normalized spacial score (nSPS) is 10.3. The van der Waals surface area contributed by atoms with Gasteiger partial charge in [0.05, 0.1) is 0 Å². The number of unbranched alkanes of at least 4 members (excludes halogenated alkanes) is 4. The number of rotatable bonds is 8. The third-order valence-corrected chi connectivity index (χ3v) is 2.68. The minimum atomic E-state index is 0.797. The maximum Gasteiger partial charge on any atom is 0.131 e. The molecule has 1 aromatic heterocycles. The van der Waals surface area contributed by atoms with Crippen molar-refractivity contribution < 1.29 is 0 Å². The molecule has 0 saturated heterocycles. The van der Waals surface area contributed by atoms with Crippen LogP contribution in [-0.4, -0.2) is 23.6 Å². The number of aromatic nitrogens is 2. The Morgan fingerprint density at radius 2 is 1.76 bits per heavy atom. The number of nitrogens with zero attached hydrogens (tertiary/aromatic N) is 2. The van der Waals surface area contributed by atoms with E-state index in [-0.39, 0.29) is 0 Å². The summed E-state index contributed by atoms with van der Waals surface area (Å²) in [6, 6.07) is 1.94. The zero-order valence-corrected chi connectivity index (χ0v) is 11.2. The van der Waals surface area contributed by atoms with E-state index in [1.807, 2.05) is 20.0 Å². The van der Waals surface area contributed by atoms with Gasteiger partial charge in [-0.3, -0.25) is 0 Å². The minimum Gasteiger partial charge on any atom is -0.373 e. The van der Waals surface area contributed by atoms with Gasteiger partial charge in [0.25, 0.3) is 0 Å². The lowest BCUT2D eigenvalue weighted by Gasteiger charge is -2.08. The van der Waals surface area contributed by atoms with Crippen LogP contribution < -0.4 is 10.6 Å². The van der Waals surface area contributed by atoms with Crippen LogP contribution in [0.3, 0.4) is 0 Å². The molecule has 0 aliphatic rings. The summed E-state index contributed by atoms with van der Waals surface area (Å²) < 4.78 is 0. The highest BCUT2D eigenvalue weighted by Crippen LogP contribution is 2.10. The second kappa shape index (κ2) is 7.87. The summed E-state index contributed by atoms with van der Waals surface area (Å²) in [4.78, 5) is 8.61. The fourth-order valence-electron chi connectivity index (χ4n) is 1.73. The standard InChI is InChI=1S/C13H24N4/c1-4-5-6-7-8-9-15-13-10-12(14-3)16-11(2)17-13/h10H,4-9H2,1-3H3,(H2,14,15,16,17). The van der Waals surface area contributed by atoms with E-state index in [9.17, 15) is 0 Å². The van der Waals surface area contributed by atoms with Gasteiger partial charge in [-0.15, -0.1) is 0 Å². The predicted octanol–water partition coefficient (Wildman–Crippen LogP) is 3.21. The van der Waals surface area contributed by atoms with Gasteiger partial charge in [0.1, 0.15) is 17.5 Å². The molecule has 17 heavy (non-hydrogen) atoms. The van der Waals surface area contributed by atoms with E-state index in [0.29, 0.717) is 0 Å². The van der Waals surface area contributed by atoms with Crippen molar-refractivity contribution in [2.24, 2.45) is 0 Å². The summed E-state index contributed by atoms with van der Waals surface area (Å²) >= 11 is 0. The molecule has 0 aliphatic carbocycles. The lowest BCUT2D eigenvalue weighted by atomic mass is 10.1. The maximum atomic E-state index is 4.35. The highest BCUT2D eigenvalue weighted by atomic mass is 15.1. The lowest BCUT2D eigenvalue weighted by Crippen LogP contribution is -2.06. The van der Waals surface area contributed by atoms with E-state index in [4.69, 9.17) is 0 Å². The van der Waals surface area contributed by atoms with Crippen molar-refractivity contribution in [3.05, 3.63) is 11.9 Å². The van der Waals surface area contributed by atoms with Crippen molar-refractivity contribution in [1.82, 2.24) is 9.97 Å². The number of anilines is 2. The Morgan fingerprint density at radius 3 is 2.47 bits per heavy atom. The summed E-state index contributed by atoms with van der Waals surface area (Å²) in [5.41, 5.74) is 0. The van der Waals surface area contributed by atoms with Gasteiger partial charge in [-0.2, -0.15) is 0 Å². The number of hydrogen-bond acceptors (Lipinski definition) is 4. The molecule has 0 aliphatic heterocycles. The zero-order valence-electron chi connectivity index (χ0n) is 11.2. The molecule has 1 heterocycles. The first-order valence-corrected chi connectivity index (χ1v) is 6.53. The molecule has 0 saturated carbocycles. The average Bonchev–Trinajstić information content (AvgIpc) is 2.33. The zero-order chi connectivity index (χ0) is 12.5. The Hall–Kier alpha value is -1.32. The topological polar surface area (TPSA) is 49.8 Å². The van der Waals surface area contributed by atoms with Crippen molar-refractivity contribution in [2.75, 3.05) is 24.2 Å². The van der Waals surface area contributed by atoms with E-state index in [0.717, 1.165) is 24.0 Å². The number of nitrogens with one attached hydrogen (secondary N) is 2. The minimum absolute atomic E-state index is 0.797. The first kappa shape index (κ1) is 13.7. The highest BCUT2D eigenvalue weighted by Gasteiger charge is 1.99. The molecule has 4 heteroatoms. The van der Waals surface area contributed by atoms with E-state index in [1.54, 1.807) is 0 Å². The smallest absolute Gasteiger partial charge is 0.131 e. The molecule has 0 fully saturated rings. The Bertz CT molecular complexity index is 325. The summed E-state index contributed by atoms with van der Waals surface area (Å²) in [6.07, 6.45) is 6.48. The Kier molecular flexibility index (Phi) is 6.37. The number of aryl methyl sites for hydroxylation is 1. The van der Waals surface area contributed by atoms with Crippen LogP contribution in [0.15, 0.2) is 6.07 Å². The summed E-state index contributed by atoms with van der Waals surface area (Å²) in [7, 11) is 1.87. The fourth-order valence-corrected chi connectivity index (χ4v) is 1.73. The molecule has 0 amide bonds. The quantitative estimate of drug-likeness (QED) is 0.680. The molecule has 1 rings (SSSR count). The molecular weight excluding hydrogens is 212 g/mol. The van der Waals surface area contributed by atoms with Crippen LogP contribution in [0.2, 0.25) is 0 Å². The van der Waals surface area contributed by atoms with Gasteiger partial charge in [-0.1, -0.05) is 32.6 Å². The van der Waals surface area contributed by atoms with Crippen molar-refractivity contribution in [1.29, 1.82) is 0 Å². The van der Waals surface area contributed by atoms with Crippen LogP contribution in [0.1, 0.15) is 44.9 Å². The monoisotopic (exact) mass is 236 g/mol. The van der Waals surface area contributed by atoms with Crippen LogP contribution in [-0.2, 0) is 0 Å². The molecule has 0 bridgehead atoms. The van der Waals surface area contributed by atoms with Gasteiger partial charge in [-0.05, 0) is 13.3 Å². The molecule has 2 N–H and O–H groups in total. The average molecular weight is 236 g/mol. The summed E-state index contributed by atoms with van der Waals surface area (Å²) in [6.45, 7) is 5.14. The molecule has 0 radical (unpaired) electrons. The van der Waals surface area contributed by atoms with Crippen LogP contribution in [0.5, 0.6) is 0 Å². The van der Waals surface area contributed by atoms with Gasteiger partial charge < -0.3 is 10.6 Å². The molecule has 0 aromatic carbocycles. The van der Waals surface area contributed by atoms with Crippen molar-refractivity contribution >= 4 is 11.6 Å². The van der Waals surface area contributed by atoms with E-state index in [1.165, 1.54) is 32.1 Å². The van der Waals surface area contributed by atoms with Crippen molar-refractivity contribution in [2.45, 2.75) is 46.0 Å². The fraction of sp³-hybridized carbons (Fsp3) is 0.692. The third-order valence-electron chi connectivity index (χ3n) is 2.68. The molecule has 0 unspecified atom stereocenters. The van der Waals surface area contributed by atoms with Gasteiger partial charge in [0.2, 0.25) is 0 Å². The first-order chi connectivity index (χ1) is 8.26. The highest BCUT2D eigenvalue weighted by molar-refractivity contribution is 5.46. The second-order valence-electron chi connectivity index (χ2n) is 4.28.